The fraction of sp³-hybridized carbons (Fsp3) is 0.500. The summed E-state index contributed by atoms with van der Waals surface area (Å²) in [5.41, 5.74) is 2.61. The second-order valence-electron chi connectivity index (χ2n) is 8.49. The largest absolute Gasteiger partial charge is 0.316 e. The third kappa shape index (κ3) is 4.56. The smallest absolute Gasteiger partial charge is 0.255 e. The van der Waals surface area contributed by atoms with E-state index in [1.54, 1.807) is 12.1 Å². The van der Waals surface area contributed by atoms with E-state index >= 15 is 0 Å². The molecule has 5 rings (SSSR count). The number of hydrogen-bond donors (Lipinski definition) is 1. The highest BCUT2D eigenvalue weighted by molar-refractivity contribution is 6.31. The van der Waals surface area contributed by atoms with Crippen LogP contribution in [0.5, 0.6) is 0 Å². The zero-order valence-electron chi connectivity index (χ0n) is 16.7. The lowest BCUT2D eigenvalue weighted by Gasteiger charge is -2.37. The predicted octanol–water partition coefficient (Wildman–Crippen LogP) is 4.36. The third-order valence-corrected chi connectivity index (χ3v) is 6.80. The summed E-state index contributed by atoms with van der Waals surface area (Å²) in [5, 5.41) is 3.94. The number of pyridine rings is 1. The van der Waals surface area contributed by atoms with Gasteiger partial charge < -0.3 is 9.88 Å². The van der Waals surface area contributed by atoms with E-state index < -0.39 is 0 Å². The van der Waals surface area contributed by atoms with Crippen LogP contribution in [-0.4, -0.2) is 28.6 Å². The summed E-state index contributed by atoms with van der Waals surface area (Å²) in [5.74, 6) is 0.697. The minimum absolute atomic E-state index is 0. The van der Waals surface area contributed by atoms with Gasteiger partial charge in [-0.05, 0) is 49.9 Å². The first-order chi connectivity index (χ1) is 13.6. The van der Waals surface area contributed by atoms with Crippen LogP contribution in [-0.2, 0) is 19.6 Å². The lowest BCUT2D eigenvalue weighted by Crippen LogP contribution is -2.45. The molecular formula is C22H27Cl3FN3O. The van der Waals surface area contributed by atoms with Gasteiger partial charge in [-0.1, -0.05) is 23.7 Å². The Balaban J connectivity index is 0.00000128. The van der Waals surface area contributed by atoms with Crippen LogP contribution in [0.2, 0.25) is 5.02 Å². The summed E-state index contributed by atoms with van der Waals surface area (Å²) in [6.45, 7) is 3.73. The Morgan fingerprint density at radius 1 is 1.13 bits per heavy atom. The number of fused-ring (bicyclic) bond motifs is 4. The monoisotopic (exact) mass is 473 g/mol. The first-order valence-corrected chi connectivity index (χ1v) is 10.6. The molecule has 3 heterocycles. The Labute approximate surface area is 193 Å². The van der Waals surface area contributed by atoms with Gasteiger partial charge in [0, 0.05) is 60.0 Å². The molecule has 2 fully saturated rings. The van der Waals surface area contributed by atoms with Gasteiger partial charge in [0.05, 0.1) is 0 Å². The minimum Gasteiger partial charge on any atom is -0.316 e. The van der Waals surface area contributed by atoms with E-state index in [4.69, 9.17) is 11.6 Å². The fourth-order valence-electron chi connectivity index (χ4n) is 4.82. The maximum Gasteiger partial charge on any atom is 0.255 e. The molecule has 164 valence electrons. The Hall–Kier alpha value is -1.11. The Morgan fingerprint density at radius 2 is 1.93 bits per heavy atom. The first kappa shape index (κ1) is 23.6. The van der Waals surface area contributed by atoms with Crippen molar-refractivity contribution in [1.82, 2.24) is 14.8 Å². The molecule has 1 aromatic carbocycles. The van der Waals surface area contributed by atoms with Gasteiger partial charge >= 0.3 is 0 Å². The molecule has 2 atom stereocenters. The average molecular weight is 475 g/mol. The van der Waals surface area contributed by atoms with Crippen molar-refractivity contribution >= 4 is 36.4 Å². The van der Waals surface area contributed by atoms with E-state index in [0.717, 1.165) is 43.7 Å². The van der Waals surface area contributed by atoms with Gasteiger partial charge in [0.1, 0.15) is 5.82 Å². The van der Waals surface area contributed by atoms with Crippen molar-refractivity contribution in [1.29, 1.82) is 0 Å². The topological polar surface area (TPSA) is 37.3 Å². The Kier molecular flexibility index (Phi) is 7.52. The van der Waals surface area contributed by atoms with E-state index in [-0.39, 0.29) is 36.2 Å². The quantitative estimate of drug-likeness (QED) is 0.700. The van der Waals surface area contributed by atoms with Crippen LogP contribution in [0.15, 0.2) is 35.1 Å². The number of hydrogen-bond acceptors (Lipinski definition) is 3. The summed E-state index contributed by atoms with van der Waals surface area (Å²) in [6, 6.07) is 9.33. The van der Waals surface area contributed by atoms with Gasteiger partial charge in [-0.25, -0.2) is 4.39 Å². The molecule has 4 nitrogen and oxygen atoms in total. The molecule has 3 aliphatic rings. The second kappa shape index (κ2) is 9.58. The summed E-state index contributed by atoms with van der Waals surface area (Å²) >= 11 is 6.24. The molecule has 1 saturated heterocycles. The summed E-state index contributed by atoms with van der Waals surface area (Å²) in [6.07, 6.45) is 3.36. The maximum atomic E-state index is 14.3. The molecule has 1 aromatic heterocycles. The predicted molar refractivity (Wildman–Crippen MR) is 123 cm³/mol. The number of benzene rings is 1. The molecule has 30 heavy (non-hydrogen) atoms. The van der Waals surface area contributed by atoms with Crippen LogP contribution >= 0.6 is 36.4 Å². The number of aromatic nitrogens is 1. The molecule has 2 aromatic rings. The summed E-state index contributed by atoms with van der Waals surface area (Å²) < 4.78 is 16.3. The highest BCUT2D eigenvalue weighted by Gasteiger charge is 2.33. The van der Waals surface area contributed by atoms with Crippen LogP contribution in [0.4, 0.5) is 4.39 Å². The number of piperidine rings is 1. The zero-order chi connectivity index (χ0) is 19.3. The second-order valence-corrected chi connectivity index (χ2v) is 8.90. The van der Waals surface area contributed by atoms with Crippen molar-refractivity contribution < 1.29 is 4.39 Å². The summed E-state index contributed by atoms with van der Waals surface area (Å²) in [7, 11) is 0. The Morgan fingerprint density at radius 3 is 2.67 bits per heavy atom. The highest BCUT2D eigenvalue weighted by atomic mass is 35.5. The van der Waals surface area contributed by atoms with Crippen molar-refractivity contribution in [3.8, 4) is 0 Å². The first-order valence-electron chi connectivity index (χ1n) is 10.2. The van der Waals surface area contributed by atoms with Crippen LogP contribution in [0.1, 0.15) is 42.0 Å². The molecule has 0 amide bonds. The molecule has 0 radical (unpaired) electrons. The molecule has 1 aliphatic carbocycles. The third-order valence-electron chi connectivity index (χ3n) is 6.45. The summed E-state index contributed by atoms with van der Waals surface area (Å²) in [4.78, 5) is 15.4. The lowest BCUT2D eigenvalue weighted by molar-refractivity contribution is 0.235. The molecule has 1 N–H and O–H groups in total. The van der Waals surface area contributed by atoms with Crippen LogP contribution < -0.4 is 10.9 Å². The SMILES string of the molecule is Cl.Cl.O=c1c(CN(Cc2c(F)cccc2Cl)C2CC2)ccc2n1C[C@@H]1CNC[C@H]2C1. The molecule has 0 spiro atoms. The van der Waals surface area contributed by atoms with Crippen molar-refractivity contribution in [2.75, 3.05) is 13.1 Å². The molecule has 2 bridgehead atoms. The average Bonchev–Trinajstić information content (AvgIpc) is 3.52. The van der Waals surface area contributed by atoms with E-state index in [1.807, 2.05) is 10.6 Å². The van der Waals surface area contributed by atoms with E-state index in [9.17, 15) is 9.18 Å². The lowest BCUT2D eigenvalue weighted by atomic mass is 9.84. The molecule has 2 aliphatic heterocycles. The van der Waals surface area contributed by atoms with Gasteiger partial charge in [0.25, 0.3) is 5.56 Å². The van der Waals surface area contributed by atoms with Crippen LogP contribution in [0, 0.1) is 11.7 Å². The fourth-order valence-corrected chi connectivity index (χ4v) is 5.04. The van der Waals surface area contributed by atoms with Crippen LogP contribution in [0.3, 0.4) is 0 Å². The van der Waals surface area contributed by atoms with Crippen molar-refractivity contribution in [3.05, 3.63) is 68.3 Å². The van der Waals surface area contributed by atoms with Crippen molar-refractivity contribution in [3.63, 3.8) is 0 Å². The Bertz CT molecular complexity index is 943. The maximum absolute atomic E-state index is 14.3. The van der Waals surface area contributed by atoms with Gasteiger partial charge in [0.2, 0.25) is 0 Å². The number of halogens is 4. The molecule has 1 saturated carbocycles. The van der Waals surface area contributed by atoms with E-state index in [1.165, 1.54) is 12.5 Å². The highest BCUT2D eigenvalue weighted by Crippen LogP contribution is 2.34. The molecule has 8 heteroatoms. The van der Waals surface area contributed by atoms with Gasteiger partial charge in [0.15, 0.2) is 0 Å². The van der Waals surface area contributed by atoms with Crippen LogP contribution in [0.25, 0.3) is 0 Å². The normalized spacial score (nSPS) is 22.1. The van der Waals surface area contributed by atoms with E-state index in [0.29, 0.717) is 41.6 Å². The number of nitrogens with zero attached hydrogens (tertiary/aromatic N) is 2. The standard InChI is InChI=1S/C22H25ClFN3O.2ClH/c23-19-2-1-3-20(24)18(19)13-26(17-5-6-17)12-15-4-7-21-16-8-14(9-25-10-16)11-27(21)22(15)28;;/h1-4,7,14,16-17,25H,5-6,8-13H2;2*1H/t14-,16+;;/m0../s1. The van der Waals surface area contributed by atoms with Crippen molar-refractivity contribution in [2.24, 2.45) is 5.92 Å². The zero-order valence-corrected chi connectivity index (χ0v) is 19.0. The molecule has 0 unspecified atom stereocenters. The minimum atomic E-state index is -0.277. The number of rotatable bonds is 5. The van der Waals surface area contributed by atoms with Gasteiger partial charge in [-0.15, -0.1) is 24.8 Å². The number of nitrogens with one attached hydrogen (secondary N) is 1. The van der Waals surface area contributed by atoms with Crippen molar-refractivity contribution in [2.45, 2.75) is 50.9 Å². The van der Waals surface area contributed by atoms with Gasteiger partial charge in [-0.2, -0.15) is 0 Å². The molecular weight excluding hydrogens is 448 g/mol. The van der Waals surface area contributed by atoms with Gasteiger partial charge in [-0.3, -0.25) is 9.69 Å². The van der Waals surface area contributed by atoms with E-state index in [2.05, 4.69) is 16.3 Å².